The Morgan fingerprint density at radius 3 is 2.57 bits per heavy atom. The Hall–Kier alpha value is -4.24. The van der Waals surface area contributed by atoms with Gasteiger partial charge in [-0.15, -0.1) is 0 Å². The molecule has 0 saturated carbocycles. The average molecular weight is 486 g/mol. The molecule has 3 aromatic heterocycles. The van der Waals surface area contributed by atoms with Crippen LogP contribution in [-0.4, -0.2) is 41.7 Å². The fraction of sp³-hybridized carbons (Fsp3) is 0.115. The number of rotatable bonds is 7. The Morgan fingerprint density at radius 2 is 1.80 bits per heavy atom. The zero-order valence-corrected chi connectivity index (χ0v) is 20.0. The van der Waals surface area contributed by atoms with Crippen molar-refractivity contribution < 1.29 is 13.2 Å². The summed E-state index contributed by atoms with van der Waals surface area (Å²) in [6.07, 6.45) is 3.44. The van der Waals surface area contributed by atoms with Crippen molar-refractivity contribution in [3.8, 4) is 28.5 Å². The topological polar surface area (TPSA) is 110 Å². The molecule has 2 aromatic carbocycles. The Bertz CT molecular complexity index is 1610. The van der Waals surface area contributed by atoms with Gasteiger partial charge in [-0.3, -0.25) is 9.71 Å². The molecule has 0 saturated heterocycles. The van der Waals surface area contributed by atoms with Gasteiger partial charge in [0.25, 0.3) is 0 Å². The number of pyridine rings is 2. The number of aromatic amines is 1. The molecule has 0 bridgehead atoms. The van der Waals surface area contributed by atoms with Crippen LogP contribution in [0.1, 0.15) is 11.4 Å². The summed E-state index contributed by atoms with van der Waals surface area (Å²) in [7, 11) is -1.74. The first-order valence-corrected chi connectivity index (χ1v) is 12.8. The Balaban J connectivity index is 1.54. The van der Waals surface area contributed by atoms with Crippen LogP contribution in [-0.2, 0) is 16.4 Å². The van der Waals surface area contributed by atoms with Crippen LogP contribution in [0.2, 0.25) is 0 Å². The molecule has 8 nitrogen and oxygen atoms in total. The highest BCUT2D eigenvalue weighted by Crippen LogP contribution is 2.32. The summed E-state index contributed by atoms with van der Waals surface area (Å²) < 4.78 is 30.7. The lowest BCUT2D eigenvalue weighted by atomic mass is 10.1. The van der Waals surface area contributed by atoms with Gasteiger partial charge in [-0.05, 0) is 42.0 Å². The molecule has 0 aliphatic rings. The molecule has 35 heavy (non-hydrogen) atoms. The van der Waals surface area contributed by atoms with E-state index in [1.807, 2.05) is 48.5 Å². The number of ether oxygens (including phenoxy) is 1. The van der Waals surface area contributed by atoms with Crippen molar-refractivity contribution in [2.75, 3.05) is 18.1 Å². The molecule has 0 fully saturated rings. The second kappa shape index (κ2) is 9.19. The lowest BCUT2D eigenvalue weighted by molar-refractivity contribution is 0.398. The minimum Gasteiger partial charge on any atom is -0.481 e. The van der Waals surface area contributed by atoms with E-state index in [9.17, 15) is 8.42 Å². The zero-order valence-electron chi connectivity index (χ0n) is 19.2. The highest BCUT2D eigenvalue weighted by Gasteiger charge is 2.17. The quantitative estimate of drug-likeness (QED) is 0.347. The molecule has 0 spiro atoms. The van der Waals surface area contributed by atoms with Gasteiger partial charge in [-0.25, -0.2) is 18.4 Å². The molecular weight excluding hydrogens is 462 g/mol. The predicted octanol–water partition coefficient (Wildman–Crippen LogP) is 4.66. The number of nitrogens with zero attached hydrogens (tertiary/aromatic N) is 3. The molecule has 0 radical (unpaired) electrons. The first kappa shape index (κ1) is 22.5. The third-order valence-corrected chi connectivity index (χ3v) is 6.05. The Morgan fingerprint density at radius 1 is 0.971 bits per heavy atom. The first-order valence-electron chi connectivity index (χ1n) is 10.9. The molecule has 3 heterocycles. The number of methoxy groups -OCH3 is 1. The number of imidazole rings is 1. The van der Waals surface area contributed by atoms with Crippen molar-refractivity contribution in [2.24, 2.45) is 0 Å². The van der Waals surface area contributed by atoms with Crippen LogP contribution in [0.5, 0.6) is 5.88 Å². The number of hydrogen-bond donors (Lipinski definition) is 2. The fourth-order valence-electron chi connectivity index (χ4n) is 3.89. The summed E-state index contributed by atoms with van der Waals surface area (Å²) in [5.41, 5.74) is 5.65. The van der Waals surface area contributed by atoms with Crippen molar-refractivity contribution in [3.63, 3.8) is 0 Å². The number of hydrogen-bond acceptors (Lipinski definition) is 6. The average Bonchev–Trinajstić information content (AvgIpc) is 3.28. The maximum Gasteiger partial charge on any atom is 0.229 e. The first-order chi connectivity index (χ1) is 16.9. The van der Waals surface area contributed by atoms with E-state index in [0.29, 0.717) is 18.0 Å². The largest absolute Gasteiger partial charge is 0.481 e. The van der Waals surface area contributed by atoms with Crippen molar-refractivity contribution in [1.82, 2.24) is 19.9 Å². The highest BCUT2D eigenvalue weighted by atomic mass is 32.2. The van der Waals surface area contributed by atoms with E-state index < -0.39 is 10.0 Å². The van der Waals surface area contributed by atoms with Crippen LogP contribution in [0, 0.1) is 0 Å². The number of sulfonamides is 1. The van der Waals surface area contributed by atoms with Crippen molar-refractivity contribution >= 4 is 26.6 Å². The normalized spacial score (nSPS) is 11.5. The van der Waals surface area contributed by atoms with Crippen LogP contribution in [0.25, 0.3) is 33.5 Å². The second-order valence-corrected chi connectivity index (χ2v) is 9.88. The summed E-state index contributed by atoms with van der Waals surface area (Å²) in [4.78, 5) is 17.4. The van der Waals surface area contributed by atoms with Gasteiger partial charge in [0.2, 0.25) is 15.9 Å². The minimum atomic E-state index is -3.32. The minimum absolute atomic E-state index is 0.515. The lowest BCUT2D eigenvalue weighted by Gasteiger charge is -2.05. The van der Waals surface area contributed by atoms with Crippen molar-refractivity contribution in [1.29, 1.82) is 0 Å². The summed E-state index contributed by atoms with van der Waals surface area (Å²) in [6.45, 7) is 0. The van der Waals surface area contributed by atoms with E-state index in [4.69, 9.17) is 9.72 Å². The lowest BCUT2D eigenvalue weighted by Crippen LogP contribution is -2.09. The molecule has 0 aliphatic carbocycles. The van der Waals surface area contributed by atoms with E-state index in [2.05, 4.69) is 25.7 Å². The molecule has 0 aliphatic heterocycles. The van der Waals surface area contributed by atoms with Crippen LogP contribution < -0.4 is 9.46 Å². The Labute approximate surface area is 203 Å². The van der Waals surface area contributed by atoms with Gasteiger partial charge in [-0.2, -0.15) is 0 Å². The van der Waals surface area contributed by atoms with Crippen LogP contribution in [0.3, 0.4) is 0 Å². The maximum atomic E-state index is 11.5. The molecule has 0 atom stereocenters. The molecule has 9 heteroatoms. The summed E-state index contributed by atoms with van der Waals surface area (Å²) in [5, 5.41) is 1.02. The predicted molar refractivity (Wildman–Crippen MR) is 137 cm³/mol. The van der Waals surface area contributed by atoms with Crippen LogP contribution in [0.4, 0.5) is 5.69 Å². The third-order valence-electron chi connectivity index (χ3n) is 5.45. The maximum absolute atomic E-state index is 11.5. The smallest absolute Gasteiger partial charge is 0.229 e. The standard InChI is InChI=1S/C26H23N5O3S/c1-34-24-7-3-6-22(28-24)26-25(19-10-13-21-18(16-19)5-4-14-27-21)29-23(30-26)15-17-8-11-20(12-9-17)31-35(2,32)33/h3-14,16,31H,15H2,1-2H3,(H,29,30). The van der Waals surface area contributed by atoms with Gasteiger partial charge >= 0.3 is 0 Å². The summed E-state index contributed by atoms with van der Waals surface area (Å²) in [6, 6.07) is 22.8. The summed E-state index contributed by atoms with van der Waals surface area (Å²) in [5.74, 6) is 1.27. The van der Waals surface area contributed by atoms with E-state index in [0.717, 1.165) is 51.2 Å². The van der Waals surface area contributed by atoms with Crippen molar-refractivity contribution in [3.05, 3.63) is 90.4 Å². The van der Waals surface area contributed by atoms with Gasteiger partial charge in [0, 0.05) is 35.3 Å². The van der Waals surface area contributed by atoms with E-state index >= 15 is 0 Å². The fourth-order valence-corrected chi connectivity index (χ4v) is 4.45. The molecule has 0 unspecified atom stereocenters. The van der Waals surface area contributed by atoms with Gasteiger partial charge in [0.05, 0.1) is 36.0 Å². The van der Waals surface area contributed by atoms with E-state index in [-0.39, 0.29) is 0 Å². The van der Waals surface area contributed by atoms with Gasteiger partial charge in [0.1, 0.15) is 5.82 Å². The number of anilines is 1. The SMILES string of the molecule is COc1cccc(-c2[nH]c(Cc3ccc(NS(C)(=O)=O)cc3)nc2-c2ccc3ncccc3c2)n1. The van der Waals surface area contributed by atoms with Gasteiger partial charge < -0.3 is 9.72 Å². The number of H-pyrrole nitrogens is 1. The molecular formula is C26H23N5O3S. The number of aromatic nitrogens is 4. The zero-order chi connectivity index (χ0) is 24.4. The molecule has 176 valence electrons. The molecule has 2 N–H and O–H groups in total. The molecule has 5 aromatic rings. The van der Waals surface area contributed by atoms with E-state index in [1.165, 1.54) is 0 Å². The number of fused-ring (bicyclic) bond motifs is 1. The summed E-state index contributed by atoms with van der Waals surface area (Å²) >= 11 is 0. The van der Waals surface area contributed by atoms with Crippen molar-refractivity contribution in [2.45, 2.75) is 6.42 Å². The number of nitrogens with one attached hydrogen (secondary N) is 2. The Kier molecular flexibility index (Phi) is 5.92. The second-order valence-electron chi connectivity index (χ2n) is 8.13. The van der Waals surface area contributed by atoms with Gasteiger partial charge in [-0.1, -0.05) is 30.3 Å². The number of benzene rings is 2. The van der Waals surface area contributed by atoms with Gasteiger partial charge in [0.15, 0.2) is 0 Å². The molecule has 5 rings (SSSR count). The van der Waals surface area contributed by atoms with Crippen LogP contribution >= 0.6 is 0 Å². The highest BCUT2D eigenvalue weighted by molar-refractivity contribution is 7.92. The molecule has 0 amide bonds. The van der Waals surface area contributed by atoms with Crippen LogP contribution in [0.15, 0.2) is 79.0 Å². The monoisotopic (exact) mass is 485 g/mol. The third kappa shape index (κ3) is 5.15. The van der Waals surface area contributed by atoms with E-state index in [1.54, 1.807) is 31.5 Å².